The van der Waals surface area contributed by atoms with E-state index in [0.717, 1.165) is 106 Å². The van der Waals surface area contributed by atoms with E-state index in [1.54, 1.807) is 18.2 Å². The number of piperidine rings is 2. The van der Waals surface area contributed by atoms with Crippen molar-refractivity contribution in [2.75, 3.05) is 59.8 Å². The molecule has 0 unspecified atom stereocenters. The van der Waals surface area contributed by atoms with Crippen LogP contribution in [0.1, 0.15) is 87.3 Å². The van der Waals surface area contributed by atoms with Crippen LogP contribution in [-0.4, -0.2) is 105 Å². The molecule has 14 nitrogen and oxygen atoms in total. The van der Waals surface area contributed by atoms with Crippen LogP contribution in [0.25, 0.3) is 11.3 Å². The van der Waals surface area contributed by atoms with Crippen LogP contribution in [-0.2, 0) is 9.59 Å². The van der Waals surface area contributed by atoms with E-state index in [1.165, 1.54) is 5.56 Å². The van der Waals surface area contributed by atoms with E-state index in [9.17, 15) is 14.7 Å². The number of phenolic OH excluding ortho intramolecular Hbond substituents is 1. The fourth-order valence-corrected chi connectivity index (χ4v) is 11.0. The molecule has 7 heterocycles. The molecule has 0 radical (unpaired) electrons. The lowest BCUT2D eigenvalue weighted by Gasteiger charge is -2.43. The van der Waals surface area contributed by atoms with Crippen LogP contribution in [0.4, 0.5) is 23.1 Å². The Morgan fingerprint density at radius 2 is 1.59 bits per heavy atom. The van der Waals surface area contributed by atoms with Gasteiger partial charge in [0.15, 0.2) is 5.82 Å². The number of aromatic hydroxyl groups is 1. The maximum absolute atomic E-state index is 12.8. The number of ether oxygens (including phenoxy) is 1. The van der Waals surface area contributed by atoms with E-state index in [4.69, 9.17) is 32.0 Å². The lowest BCUT2D eigenvalue weighted by molar-refractivity contribution is -0.134. The highest BCUT2D eigenvalue weighted by atomic mass is 35.5. The molecule has 2 bridgehead atoms. The first-order valence-corrected chi connectivity index (χ1v) is 21.7. The molecule has 3 atom stereocenters. The Morgan fingerprint density at radius 1 is 0.831 bits per heavy atom. The minimum Gasteiger partial charge on any atom is -0.506 e. The van der Waals surface area contributed by atoms with Gasteiger partial charge in [0.25, 0.3) is 0 Å². The number of amides is 2. The van der Waals surface area contributed by atoms with Crippen molar-refractivity contribution in [1.29, 1.82) is 0 Å². The Morgan fingerprint density at radius 3 is 2.37 bits per heavy atom. The van der Waals surface area contributed by atoms with Crippen molar-refractivity contribution < 1.29 is 19.4 Å². The molecule has 308 valence electrons. The average Bonchev–Trinajstić information content (AvgIpc) is 3.53. The zero-order valence-electron chi connectivity index (χ0n) is 33.2. The minimum atomic E-state index is -0.338. The maximum Gasteiger partial charge on any atom is 0.249 e. The van der Waals surface area contributed by atoms with Crippen LogP contribution < -0.4 is 30.5 Å². The molecule has 2 aromatic heterocycles. The molecular formula is C44H51ClN10O4. The number of aromatic nitrogens is 4. The molecule has 1 saturated carbocycles. The van der Waals surface area contributed by atoms with Crippen LogP contribution in [0.5, 0.6) is 11.5 Å². The predicted octanol–water partition coefficient (Wildman–Crippen LogP) is 5.64. The third-order valence-corrected chi connectivity index (χ3v) is 14.2. The number of rotatable bonds is 7. The Hall–Kier alpha value is -5.21. The molecule has 6 aliphatic rings. The molecule has 5 fully saturated rings. The maximum atomic E-state index is 12.8. The molecule has 4 N–H and O–H groups in total. The van der Waals surface area contributed by atoms with Crippen LogP contribution in [0.2, 0.25) is 5.02 Å². The molecule has 4 aromatic rings. The number of imide groups is 1. The molecule has 1 aliphatic carbocycles. The van der Waals surface area contributed by atoms with E-state index in [2.05, 4.69) is 59.4 Å². The number of benzene rings is 2. The zero-order valence-corrected chi connectivity index (χ0v) is 33.9. The first-order valence-electron chi connectivity index (χ1n) is 21.4. The number of anilines is 4. The van der Waals surface area contributed by atoms with Crippen LogP contribution in [0.15, 0.2) is 54.7 Å². The smallest absolute Gasteiger partial charge is 0.249 e. The number of nitrogens with zero attached hydrogens (tertiary/aromatic N) is 8. The Kier molecular flexibility index (Phi) is 10.2. The number of nitrogens with one attached hydrogen (secondary N) is 1. The third-order valence-electron chi connectivity index (χ3n) is 13.9. The van der Waals surface area contributed by atoms with Crippen molar-refractivity contribution in [3.8, 4) is 22.8 Å². The number of nitrogens with two attached hydrogens (primary N) is 1. The lowest BCUT2D eigenvalue weighted by atomic mass is 9.79. The quantitative estimate of drug-likeness (QED) is 0.196. The van der Waals surface area contributed by atoms with Gasteiger partial charge in [-0.2, -0.15) is 0 Å². The van der Waals surface area contributed by atoms with Gasteiger partial charge in [0, 0.05) is 61.0 Å². The number of carbonyl (C=O) groups excluding carboxylic acids is 2. The van der Waals surface area contributed by atoms with Crippen molar-refractivity contribution in [2.24, 2.45) is 0 Å². The standard InChI is InChI=1S/C44H51ClN10O4/c45-33-5-1-4-32(40(33)57)35-23-38(42(46)51-50-35)53-24-29-11-12-30(25-53)55(29)44-47-18-15-34(48-44)27-16-19-52(20-17-27)28-9-7-26(8-10-28)31-3-2-6-36-41(31)59-22-21-54(36)37-13-14-39(56)49-43(37)58/h1-6,15,18,23,26-30,37,57H,7-14,16-17,19-22,24-25H2,(H2,46,51)(H,49,56,58)/t26?,28?,29-,30+,37-/m1/s1. The summed E-state index contributed by atoms with van der Waals surface area (Å²) in [5.41, 5.74) is 11.6. The van der Waals surface area contributed by atoms with Gasteiger partial charge < -0.3 is 35.2 Å². The fraction of sp³-hybridized carbons (Fsp3) is 0.500. The van der Waals surface area contributed by atoms with Gasteiger partial charge in [-0.15, -0.1) is 10.2 Å². The highest BCUT2D eigenvalue weighted by Gasteiger charge is 2.43. The van der Waals surface area contributed by atoms with Gasteiger partial charge in [-0.05, 0) is 113 Å². The van der Waals surface area contributed by atoms with Crippen LogP contribution >= 0.6 is 11.6 Å². The monoisotopic (exact) mass is 818 g/mol. The van der Waals surface area contributed by atoms with E-state index >= 15 is 0 Å². The molecule has 5 aliphatic heterocycles. The fourth-order valence-electron chi connectivity index (χ4n) is 10.9. The summed E-state index contributed by atoms with van der Waals surface area (Å²) in [5.74, 6) is 2.55. The second-order valence-corrected chi connectivity index (χ2v) is 17.5. The van der Waals surface area contributed by atoms with E-state index in [0.29, 0.717) is 60.9 Å². The van der Waals surface area contributed by atoms with Crippen molar-refractivity contribution in [3.63, 3.8) is 0 Å². The van der Waals surface area contributed by atoms with Gasteiger partial charge in [-0.3, -0.25) is 14.9 Å². The first kappa shape index (κ1) is 38.0. The number of nitrogen functional groups attached to an aromatic ring is 1. The summed E-state index contributed by atoms with van der Waals surface area (Å²) in [6, 6.07) is 16.3. The molecule has 4 saturated heterocycles. The number of piperazine rings is 1. The predicted molar refractivity (Wildman–Crippen MR) is 226 cm³/mol. The van der Waals surface area contributed by atoms with Gasteiger partial charge in [0.05, 0.1) is 28.6 Å². The number of likely N-dealkylation sites (tertiary alicyclic amines) is 1. The van der Waals surface area contributed by atoms with Crippen molar-refractivity contribution >= 4 is 46.6 Å². The normalized spacial score (nSPS) is 26.4. The Balaban J connectivity index is 0.754. The summed E-state index contributed by atoms with van der Waals surface area (Å²) in [7, 11) is 0. The average molecular weight is 819 g/mol. The van der Waals surface area contributed by atoms with Crippen molar-refractivity contribution in [1.82, 2.24) is 30.4 Å². The molecule has 59 heavy (non-hydrogen) atoms. The second kappa shape index (κ2) is 15.8. The molecule has 0 spiro atoms. The summed E-state index contributed by atoms with van der Waals surface area (Å²) >= 11 is 6.20. The van der Waals surface area contributed by atoms with Crippen molar-refractivity contribution in [2.45, 2.75) is 100 Å². The van der Waals surface area contributed by atoms with Gasteiger partial charge >= 0.3 is 0 Å². The molecule has 2 aromatic carbocycles. The van der Waals surface area contributed by atoms with Gasteiger partial charge in [-0.25, -0.2) is 9.97 Å². The minimum absolute atomic E-state index is 0.0181. The van der Waals surface area contributed by atoms with Gasteiger partial charge in [-0.1, -0.05) is 29.8 Å². The SMILES string of the molecule is Nc1nnc(-c2cccc(Cl)c2O)cc1N1C[C@H]2CC[C@@H](C1)N2c1nccc(C2CCN(C3CCC(c4cccc5c4OCCN5[C@@H]4CCC(=O)NC4=O)CC3)CC2)n1. The number of hydrogen-bond acceptors (Lipinski definition) is 13. The van der Waals surface area contributed by atoms with Crippen molar-refractivity contribution in [3.05, 3.63) is 71.0 Å². The number of fused-ring (bicyclic) bond motifs is 3. The number of carbonyl (C=O) groups is 2. The molecular weight excluding hydrogens is 768 g/mol. The zero-order chi connectivity index (χ0) is 40.2. The number of hydrogen-bond donors (Lipinski definition) is 3. The van der Waals surface area contributed by atoms with Crippen LogP contribution in [0, 0.1) is 0 Å². The van der Waals surface area contributed by atoms with Gasteiger partial charge in [0.2, 0.25) is 17.8 Å². The highest BCUT2D eigenvalue weighted by Crippen LogP contribution is 2.46. The summed E-state index contributed by atoms with van der Waals surface area (Å²) in [6.07, 6.45) is 11.7. The number of phenols is 1. The summed E-state index contributed by atoms with van der Waals surface area (Å²) in [4.78, 5) is 44.2. The topological polar surface area (TPSA) is 166 Å². The van der Waals surface area contributed by atoms with Crippen LogP contribution in [0.3, 0.4) is 0 Å². The van der Waals surface area contributed by atoms with Gasteiger partial charge in [0.1, 0.15) is 24.1 Å². The lowest BCUT2D eigenvalue weighted by Crippen LogP contribution is -2.54. The Bertz CT molecular complexity index is 2230. The van der Waals surface area contributed by atoms with E-state index in [1.807, 2.05) is 12.3 Å². The van der Waals surface area contributed by atoms with E-state index < -0.39 is 0 Å². The highest BCUT2D eigenvalue weighted by molar-refractivity contribution is 6.32. The molecule has 15 heteroatoms. The molecule has 2 amide bonds. The first-order chi connectivity index (χ1) is 28.8. The summed E-state index contributed by atoms with van der Waals surface area (Å²) in [5, 5.41) is 21.9. The summed E-state index contributed by atoms with van der Waals surface area (Å²) < 4.78 is 6.31. The summed E-state index contributed by atoms with van der Waals surface area (Å²) in [6.45, 7) is 4.86. The second-order valence-electron chi connectivity index (χ2n) is 17.1. The number of para-hydroxylation sites is 2. The van der Waals surface area contributed by atoms with E-state index in [-0.39, 0.29) is 40.7 Å². The molecule has 10 rings (SSSR count). The largest absolute Gasteiger partial charge is 0.506 e. The number of halogens is 1. The Labute approximate surface area is 349 Å². The third kappa shape index (κ3) is 7.17.